The summed E-state index contributed by atoms with van der Waals surface area (Å²) in [7, 11) is 1.27. The molecule has 0 spiro atoms. The smallest absolute Gasteiger partial charge is 0.342 e. The van der Waals surface area contributed by atoms with Crippen LogP contribution in [0.2, 0.25) is 5.28 Å². The Kier molecular flexibility index (Phi) is 3.10. The van der Waals surface area contributed by atoms with Crippen molar-refractivity contribution in [1.82, 2.24) is 9.97 Å². The molecule has 0 N–H and O–H groups in total. The SMILES string of the molecule is CCN1CC(F)(F)C(=O)N(C)c2cnc(Cl)nc21. The van der Waals surface area contributed by atoms with E-state index >= 15 is 0 Å². The molecule has 0 radical (unpaired) electrons. The van der Waals surface area contributed by atoms with Gasteiger partial charge in [0.1, 0.15) is 5.69 Å². The molecule has 1 aromatic rings. The molecule has 2 rings (SSSR count). The van der Waals surface area contributed by atoms with Gasteiger partial charge in [0.25, 0.3) is 5.91 Å². The van der Waals surface area contributed by atoms with Crippen molar-refractivity contribution >= 4 is 29.0 Å². The van der Waals surface area contributed by atoms with E-state index in [4.69, 9.17) is 11.6 Å². The van der Waals surface area contributed by atoms with Gasteiger partial charge in [-0.3, -0.25) is 4.79 Å². The Hall–Kier alpha value is -1.50. The molecule has 0 bridgehead atoms. The maximum atomic E-state index is 13.7. The number of fused-ring (bicyclic) bond motifs is 1. The van der Waals surface area contributed by atoms with Gasteiger partial charge in [-0.15, -0.1) is 0 Å². The normalized spacial score (nSPS) is 18.6. The first-order valence-corrected chi connectivity index (χ1v) is 5.68. The van der Waals surface area contributed by atoms with Crippen LogP contribution in [0.15, 0.2) is 6.20 Å². The summed E-state index contributed by atoms with van der Waals surface area (Å²) in [6.07, 6.45) is 1.27. The number of anilines is 2. The Morgan fingerprint density at radius 2 is 2.22 bits per heavy atom. The largest absolute Gasteiger partial charge is 0.348 e. The third-order valence-corrected chi connectivity index (χ3v) is 2.95. The Balaban J connectivity index is 2.60. The lowest BCUT2D eigenvalue weighted by molar-refractivity contribution is -0.140. The molecule has 1 aliphatic rings. The molecule has 18 heavy (non-hydrogen) atoms. The summed E-state index contributed by atoms with van der Waals surface area (Å²) in [4.78, 5) is 21.5. The summed E-state index contributed by atoms with van der Waals surface area (Å²) < 4.78 is 27.4. The van der Waals surface area contributed by atoms with Crippen LogP contribution in [0.4, 0.5) is 20.3 Å². The molecule has 0 saturated carbocycles. The molecule has 0 fully saturated rings. The topological polar surface area (TPSA) is 49.3 Å². The van der Waals surface area contributed by atoms with Gasteiger partial charge in [-0.2, -0.15) is 13.8 Å². The average Bonchev–Trinajstić information content (AvgIpc) is 2.39. The quantitative estimate of drug-likeness (QED) is 0.731. The second-order valence-corrected chi connectivity index (χ2v) is 4.27. The van der Waals surface area contributed by atoms with Gasteiger partial charge in [-0.25, -0.2) is 4.98 Å². The van der Waals surface area contributed by atoms with Crippen LogP contribution < -0.4 is 9.80 Å². The zero-order valence-electron chi connectivity index (χ0n) is 9.82. The highest BCUT2D eigenvalue weighted by molar-refractivity contribution is 6.28. The number of aromatic nitrogens is 2. The van der Waals surface area contributed by atoms with Crippen molar-refractivity contribution in [3.63, 3.8) is 0 Å². The summed E-state index contributed by atoms with van der Waals surface area (Å²) in [6.45, 7) is 1.27. The van der Waals surface area contributed by atoms with Crippen LogP contribution in [-0.2, 0) is 4.79 Å². The Morgan fingerprint density at radius 1 is 1.56 bits per heavy atom. The predicted octanol–water partition coefficient (Wildman–Crippen LogP) is 1.57. The van der Waals surface area contributed by atoms with E-state index in [0.717, 1.165) is 4.90 Å². The van der Waals surface area contributed by atoms with Crippen molar-refractivity contribution in [2.75, 3.05) is 29.9 Å². The zero-order chi connectivity index (χ0) is 13.5. The monoisotopic (exact) mass is 276 g/mol. The van der Waals surface area contributed by atoms with Crippen LogP contribution in [0.1, 0.15) is 6.92 Å². The standard InChI is InChI=1S/C10H11ClF2N4O/c1-3-17-5-10(12,13)8(18)16(2)6-4-14-9(11)15-7(6)17/h4H,3,5H2,1-2H3. The van der Waals surface area contributed by atoms with Crippen molar-refractivity contribution in [3.8, 4) is 0 Å². The Morgan fingerprint density at radius 3 is 2.83 bits per heavy atom. The highest BCUT2D eigenvalue weighted by Gasteiger charge is 2.46. The summed E-state index contributed by atoms with van der Waals surface area (Å²) in [6, 6.07) is 0. The van der Waals surface area contributed by atoms with Gasteiger partial charge >= 0.3 is 5.92 Å². The van der Waals surface area contributed by atoms with Crippen LogP contribution in [0.25, 0.3) is 0 Å². The average molecular weight is 277 g/mol. The number of carbonyl (C=O) groups excluding carboxylic acids is 1. The molecular weight excluding hydrogens is 266 g/mol. The lowest BCUT2D eigenvalue weighted by Crippen LogP contribution is -2.46. The Labute approximate surface area is 107 Å². The minimum Gasteiger partial charge on any atom is -0.348 e. The third kappa shape index (κ3) is 1.98. The van der Waals surface area contributed by atoms with Gasteiger partial charge in [0.15, 0.2) is 5.82 Å². The van der Waals surface area contributed by atoms with Gasteiger partial charge in [-0.1, -0.05) is 0 Å². The van der Waals surface area contributed by atoms with Crippen molar-refractivity contribution in [2.45, 2.75) is 12.8 Å². The van der Waals surface area contributed by atoms with Crippen molar-refractivity contribution in [2.24, 2.45) is 0 Å². The predicted molar refractivity (Wildman–Crippen MR) is 63.3 cm³/mol. The number of hydrogen-bond donors (Lipinski definition) is 0. The first-order chi connectivity index (χ1) is 8.36. The van der Waals surface area contributed by atoms with E-state index in [1.54, 1.807) is 6.92 Å². The minimum atomic E-state index is -3.46. The first-order valence-electron chi connectivity index (χ1n) is 5.30. The van der Waals surface area contributed by atoms with E-state index in [9.17, 15) is 13.6 Å². The second kappa shape index (κ2) is 4.31. The van der Waals surface area contributed by atoms with Crippen molar-refractivity contribution in [1.29, 1.82) is 0 Å². The van der Waals surface area contributed by atoms with Crippen LogP contribution >= 0.6 is 11.6 Å². The number of hydrogen-bond acceptors (Lipinski definition) is 4. The minimum absolute atomic E-state index is 0.0433. The number of rotatable bonds is 1. The fourth-order valence-corrected chi connectivity index (χ4v) is 1.94. The molecule has 0 atom stereocenters. The summed E-state index contributed by atoms with van der Waals surface area (Å²) in [5, 5.41) is -0.0433. The Bertz CT molecular complexity index is 497. The van der Waals surface area contributed by atoms with Gasteiger partial charge in [0.05, 0.1) is 12.7 Å². The fourth-order valence-electron chi connectivity index (χ4n) is 1.81. The lowest BCUT2D eigenvalue weighted by atomic mass is 10.3. The summed E-state index contributed by atoms with van der Waals surface area (Å²) >= 11 is 5.67. The van der Waals surface area contributed by atoms with Crippen LogP contribution in [0.3, 0.4) is 0 Å². The van der Waals surface area contributed by atoms with E-state index in [1.165, 1.54) is 18.1 Å². The molecular formula is C10H11ClF2N4O. The van der Waals surface area contributed by atoms with Gasteiger partial charge in [0, 0.05) is 13.6 Å². The van der Waals surface area contributed by atoms with Gasteiger partial charge < -0.3 is 9.80 Å². The second-order valence-electron chi connectivity index (χ2n) is 3.93. The molecule has 8 heteroatoms. The summed E-state index contributed by atoms with van der Waals surface area (Å²) in [5.74, 6) is -4.49. The molecule has 0 saturated heterocycles. The molecule has 2 heterocycles. The van der Waals surface area contributed by atoms with Gasteiger partial charge in [-0.05, 0) is 18.5 Å². The van der Waals surface area contributed by atoms with Crippen molar-refractivity contribution in [3.05, 3.63) is 11.5 Å². The molecule has 1 amide bonds. The lowest BCUT2D eigenvalue weighted by Gasteiger charge is -2.22. The molecule has 0 aromatic carbocycles. The van der Waals surface area contributed by atoms with Crippen molar-refractivity contribution < 1.29 is 13.6 Å². The first kappa shape index (κ1) is 12.9. The number of nitrogens with zero attached hydrogens (tertiary/aromatic N) is 4. The number of amides is 1. The van der Waals surface area contributed by atoms with E-state index in [2.05, 4.69) is 9.97 Å². The zero-order valence-corrected chi connectivity index (χ0v) is 10.6. The van der Waals surface area contributed by atoms with Crippen LogP contribution in [0.5, 0.6) is 0 Å². The fraction of sp³-hybridized carbons (Fsp3) is 0.500. The van der Waals surface area contributed by atoms with E-state index in [0.29, 0.717) is 0 Å². The number of carbonyl (C=O) groups is 1. The summed E-state index contributed by atoms with van der Waals surface area (Å²) in [5.41, 5.74) is 0.225. The number of halogens is 3. The molecule has 1 aromatic heterocycles. The number of alkyl halides is 2. The molecule has 98 valence electrons. The van der Waals surface area contributed by atoms with Crippen LogP contribution in [0, 0.1) is 0 Å². The maximum Gasteiger partial charge on any atom is 0.342 e. The highest BCUT2D eigenvalue weighted by atomic mass is 35.5. The highest BCUT2D eigenvalue weighted by Crippen LogP contribution is 2.34. The third-order valence-electron chi connectivity index (χ3n) is 2.77. The maximum absolute atomic E-state index is 13.7. The van der Waals surface area contributed by atoms with Gasteiger partial charge in [0.2, 0.25) is 5.28 Å². The molecule has 0 unspecified atom stereocenters. The molecule has 1 aliphatic heterocycles. The van der Waals surface area contributed by atoms with E-state index in [1.807, 2.05) is 0 Å². The van der Waals surface area contributed by atoms with E-state index < -0.39 is 18.4 Å². The molecule has 0 aliphatic carbocycles. The molecule has 5 nitrogen and oxygen atoms in total. The van der Waals surface area contributed by atoms with Crippen LogP contribution in [-0.4, -0.2) is 41.9 Å². The van der Waals surface area contributed by atoms with E-state index in [-0.39, 0.29) is 23.3 Å².